The van der Waals surface area contributed by atoms with Crippen LogP contribution in [-0.4, -0.2) is 29.4 Å². The van der Waals surface area contributed by atoms with Crippen LogP contribution in [0, 0.1) is 18.3 Å². The molecule has 1 aliphatic carbocycles. The highest BCUT2D eigenvalue weighted by Crippen LogP contribution is 2.42. The maximum absolute atomic E-state index is 12.5. The largest absolute Gasteiger partial charge is 0.444 e. The number of ether oxygens (including phenoxy) is 2. The van der Waals surface area contributed by atoms with Gasteiger partial charge in [0.15, 0.2) is 0 Å². The number of amides is 1. The summed E-state index contributed by atoms with van der Waals surface area (Å²) in [7, 11) is 0. The Balaban J connectivity index is 1.77. The fourth-order valence-corrected chi connectivity index (χ4v) is 4.62. The predicted octanol–water partition coefficient (Wildman–Crippen LogP) is 6.53. The van der Waals surface area contributed by atoms with Crippen LogP contribution in [-0.2, 0) is 9.47 Å². The molecule has 0 bridgehead atoms. The molecule has 0 aliphatic heterocycles. The Morgan fingerprint density at radius 1 is 1.16 bits per heavy atom. The van der Waals surface area contributed by atoms with Crippen molar-refractivity contribution >= 4 is 17.4 Å². The Bertz CT molecular complexity index is 873. The molecule has 3 rings (SSSR count). The SMILES string of the molecule is Cc1ncsc1-c1ccc([C@H](COC(C2CC2)C(C)(C)C)NC(=O)OC(C)(C)C)cc1. The van der Waals surface area contributed by atoms with Crippen molar-refractivity contribution in [3.8, 4) is 10.4 Å². The maximum atomic E-state index is 12.5. The molecule has 0 saturated heterocycles. The third-order valence-corrected chi connectivity index (χ3v) is 6.34. The van der Waals surface area contributed by atoms with Gasteiger partial charge in [-0.05, 0) is 63.0 Å². The molecule has 1 heterocycles. The van der Waals surface area contributed by atoms with Gasteiger partial charge in [-0.2, -0.15) is 0 Å². The van der Waals surface area contributed by atoms with Crippen LogP contribution in [0.1, 0.15) is 71.7 Å². The van der Waals surface area contributed by atoms with E-state index >= 15 is 0 Å². The van der Waals surface area contributed by atoms with E-state index in [2.05, 4.69) is 55.3 Å². The lowest BCUT2D eigenvalue weighted by molar-refractivity contribution is -0.0418. The van der Waals surface area contributed by atoms with Gasteiger partial charge in [0.25, 0.3) is 0 Å². The summed E-state index contributed by atoms with van der Waals surface area (Å²) in [5, 5.41) is 3.03. The van der Waals surface area contributed by atoms with Crippen LogP contribution in [0.4, 0.5) is 4.79 Å². The summed E-state index contributed by atoms with van der Waals surface area (Å²) in [6, 6.07) is 8.01. The number of hydrogen-bond donors (Lipinski definition) is 1. The lowest BCUT2D eigenvalue weighted by Gasteiger charge is -2.33. The minimum Gasteiger partial charge on any atom is -0.444 e. The lowest BCUT2D eigenvalue weighted by Crippen LogP contribution is -2.39. The summed E-state index contributed by atoms with van der Waals surface area (Å²) in [5.41, 5.74) is 4.54. The maximum Gasteiger partial charge on any atom is 0.408 e. The Hall–Kier alpha value is -1.92. The number of nitrogens with zero attached hydrogens (tertiary/aromatic N) is 1. The average molecular weight is 445 g/mol. The molecule has 1 amide bonds. The van der Waals surface area contributed by atoms with E-state index in [4.69, 9.17) is 9.47 Å². The Labute approximate surface area is 190 Å². The van der Waals surface area contributed by atoms with Gasteiger partial charge in [-0.15, -0.1) is 11.3 Å². The molecule has 170 valence electrons. The zero-order valence-electron chi connectivity index (χ0n) is 19.8. The van der Waals surface area contributed by atoms with Gasteiger partial charge in [-0.3, -0.25) is 0 Å². The standard InChI is InChI=1S/C25H36N2O3S/c1-16-21(31-15-26-16)18-10-8-17(9-11-18)20(27-23(28)30-25(5,6)7)14-29-22(19-12-13-19)24(2,3)4/h8-11,15,19-20,22H,12-14H2,1-7H3,(H,27,28)/t20-,22?/m0/s1. The van der Waals surface area contributed by atoms with Crippen molar-refractivity contribution < 1.29 is 14.3 Å². The minimum absolute atomic E-state index is 0.0607. The normalized spacial score (nSPS) is 16.6. The second-order valence-corrected chi connectivity index (χ2v) is 11.4. The molecule has 1 aliphatic rings. The summed E-state index contributed by atoms with van der Waals surface area (Å²) < 4.78 is 11.9. The van der Waals surface area contributed by atoms with Crippen LogP contribution < -0.4 is 5.32 Å². The van der Waals surface area contributed by atoms with Gasteiger partial charge < -0.3 is 14.8 Å². The lowest BCUT2D eigenvalue weighted by atomic mass is 9.86. The van der Waals surface area contributed by atoms with Crippen molar-refractivity contribution in [3.63, 3.8) is 0 Å². The van der Waals surface area contributed by atoms with E-state index in [1.54, 1.807) is 11.3 Å². The summed E-state index contributed by atoms with van der Waals surface area (Å²) in [6.45, 7) is 14.7. The second-order valence-electron chi connectivity index (χ2n) is 10.5. The van der Waals surface area contributed by atoms with E-state index in [9.17, 15) is 4.79 Å². The quantitative estimate of drug-likeness (QED) is 0.528. The van der Waals surface area contributed by atoms with Crippen molar-refractivity contribution in [1.29, 1.82) is 0 Å². The molecule has 31 heavy (non-hydrogen) atoms. The Morgan fingerprint density at radius 2 is 1.81 bits per heavy atom. The molecule has 2 aromatic rings. The average Bonchev–Trinajstić information content (AvgIpc) is 3.38. The van der Waals surface area contributed by atoms with Crippen molar-refractivity contribution in [2.45, 2.75) is 79.1 Å². The fraction of sp³-hybridized carbons (Fsp3) is 0.600. The number of nitrogens with one attached hydrogen (secondary N) is 1. The number of aromatic nitrogens is 1. The Morgan fingerprint density at radius 3 is 2.29 bits per heavy atom. The number of hydrogen-bond acceptors (Lipinski definition) is 5. The summed E-state index contributed by atoms with van der Waals surface area (Å²) in [4.78, 5) is 18.0. The molecular formula is C25H36N2O3S. The molecule has 1 fully saturated rings. The highest BCUT2D eigenvalue weighted by Gasteiger charge is 2.40. The molecule has 1 N–H and O–H groups in total. The van der Waals surface area contributed by atoms with Crippen LogP contribution >= 0.6 is 11.3 Å². The summed E-state index contributed by atoms with van der Waals surface area (Å²) in [6.07, 6.45) is 2.18. The second kappa shape index (κ2) is 9.29. The first-order valence-electron chi connectivity index (χ1n) is 11.1. The number of thiazole rings is 1. The van der Waals surface area contributed by atoms with Gasteiger partial charge in [0.05, 0.1) is 34.8 Å². The van der Waals surface area contributed by atoms with Gasteiger partial charge in [-0.25, -0.2) is 9.78 Å². The molecule has 5 nitrogen and oxygen atoms in total. The monoisotopic (exact) mass is 444 g/mol. The van der Waals surface area contributed by atoms with Crippen LogP contribution in [0.2, 0.25) is 0 Å². The van der Waals surface area contributed by atoms with Gasteiger partial charge >= 0.3 is 6.09 Å². The number of carbonyl (C=O) groups is 1. The third kappa shape index (κ3) is 6.78. The van der Waals surface area contributed by atoms with E-state index in [0.29, 0.717) is 12.5 Å². The molecule has 1 saturated carbocycles. The van der Waals surface area contributed by atoms with Crippen LogP contribution in [0.15, 0.2) is 29.8 Å². The minimum atomic E-state index is -0.551. The van der Waals surface area contributed by atoms with Gasteiger partial charge in [-0.1, -0.05) is 45.0 Å². The molecule has 0 spiro atoms. The van der Waals surface area contributed by atoms with Gasteiger partial charge in [0.1, 0.15) is 5.60 Å². The number of aryl methyl sites for hydroxylation is 1. The van der Waals surface area contributed by atoms with Crippen LogP contribution in [0.5, 0.6) is 0 Å². The van der Waals surface area contributed by atoms with Crippen molar-refractivity contribution in [1.82, 2.24) is 10.3 Å². The predicted molar refractivity (Wildman–Crippen MR) is 126 cm³/mol. The molecule has 2 atom stereocenters. The molecular weight excluding hydrogens is 408 g/mol. The first-order valence-corrected chi connectivity index (χ1v) is 11.9. The van der Waals surface area contributed by atoms with Gasteiger partial charge in [0.2, 0.25) is 0 Å². The van der Waals surface area contributed by atoms with Crippen LogP contribution in [0.25, 0.3) is 10.4 Å². The number of alkyl carbamates (subject to hydrolysis) is 1. The van der Waals surface area contributed by atoms with Crippen LogP contribution in [0.3, 0.4) is 0 Å². The van der Waals surface area contributed by atoms with Crippen molar-refractivity contribution in [2.24, 2.45) is 11.3 Å². The zero-order valence-corrected chi connectivity index (χ0v) is 20.6. The fourth-order valence-electron chi connectivity index (χ4n) is 3.81. The number of carbonyl (C=O) groups excluding carboxylic acids is 1. The van der Waals surface area contributed by atoms with E-state index in [-0.39, 0.29) is 17.6 Å². The summed E-state index contributed by atoms with van der Waals surface area (Å²) in [5.74, 6) is 0.610. The topological polar surface area (TPSA) is 60.5 Å². The van der Waals surface area contributed by atoms with Gasteiger partial charge in [0, 0.05) is 0 Å². The Kier molecular flexibility index (Phi) is 7.11. The zero-order chi connectivity index (χ0) is 22.8. The molecule has 1 unspecified atom stereocenters. The number of benzene rings is 1. The smallest absolute Gasteiger partial charge is 0.408 e. The number of rotatable bonds is 7. The highest BCUT2D eigenvalue weighted by molar-refractivity contribution is 7.13. The van der Waals surface area contributed by atoms with E-state index in [0.717, 1.165) is 16.8 Å². The molecule has 6 heteroatoms. The van der Waals surface area contributed by atoms with E-state index in [1.165, 1.54) is 17.7 Å². The first kappa shape index (κ1) is 23.7. The summed E-state index contributed by atoms with van der Waals surface area (Å²) >= 11 is 1.64. The molecule has 1 aromatic carbocycles. The van der Waals surface area contributed by atoms with Crippen molar-refractivity contribution in [2.75, 3.05) is 6.61 Å². The van der Waals surface area contributed by atoms with E-state index < -0.39 is 11.7 Å². The first-order chi connectivity index (χ1) is 14.4. The third-order valence-electron chi connectivity index (χ3n) is 5.36. The van der Waals surface area contributed by atoms with E-state index in [1.807, 2.05) is 33.2 Å². The molecule has 0 radical (unpaired) electrons. The highest BCUT2D eigenvalue weighted by atomic mass is 32.1. The van der Waals surface area contributed by atoms with Crippen molar-refractivity contribution in [3.05, 3.63) is 41.0 Å². The molecule has 1 aromatic heterocycles.